The van der Waals surface area contributed by atoms with Gasteiger partial charge in [-0.3, -0.25) is 4.79 Å². The summed E-state index contributed by atoms with van der Waals surface area (Å²) in [5.41, 5.74) is -1.56. The minimum Gasteiger partial charge on any atom is -0.481 e. The summed E-state index contributed by atoms with van der Waals surface area (Å²) in [5.74, 6) is -3.74. The second-order valence-corrected chi connectivity index (χ2v) is 3.90. The standard InChI is InChI=1S/C14H16O6/c15-12(16)8-2-1-5-9-20-14(19)11-7-4-3-6-10(11)13(17)18/h3-4,6-7H,1-2,5,8-9H2,(H,15,16)(H,17,18)/i3D,4D,6D,7D. The number of benzene rings is 1. The molecule has 6 heteroatoms. The Morgan fingerprint density at radius 3 is 2.30 bits per heavy atom. The zero-order chi connectivity index (χ0) is 18.4. The normalized spacial score (nSPS) is 12.8. The number of ether oxygens (including phenoxy) is 1. The third-order valence-corrected chi connectivity index (χ3v) is 2.37. The van der Waals surface area contributed by atoms with Crippen molar-refractivity contribution in [3.63, 3.8) is 0 Å². The van der Waals surface area contributed by atoms with Crippen molar-refractivity contribution in [3.05, 3.63) is 35.3 Å². The Labute approximate surface area is 121 Å². The van der Waals surface area contributed by atoms with Crippen LogP contribution in [0.3, 0.4) is 0 Å². The van der Waals surface area contributed by atoms with E-state index in [2.05, 4.69) is 0 Å². The van der Waals surface area contributed by atoms with Gasteiger partial charge >= 0.3 is 17.9 Å². The van der Waals surface area contributed by atoms with Crippen LogP contribution in [0.1, 0.15) is 51.9 Å². The van der Waals surface area contributed by atoms with Gasteiger partial charge in [0.1, 0.15) is 0 Å². The van der Waals surface area contributed by atoms with E-state index < -0.39 is 53.2 Å². The van der Waals surface area contributed by atoms with Gasteiger partial charge < -0.3 is 14.9 Å². The summed E-state index contributed by atoms with van der Waals surface area (Å²) < 4.78 is 35.1. The van der Waals surface area contributed by atoms with Gasteiger partial charge in [-0.15, -0.1) is 0 Å². The molecule has 0 fully saturated rings. The number of unbranched alkanes of at least 4 members (excludes halogenated alkanes) is 2. The summed E-state index contributed by atoms with van der Waals surface area (Å²) in [7, 11) is 0. The number of hydrogen-bond donors (Lipinski definition) is 2. The van der Waals surface area contributed by atoms with Gasteiger partial charge in [-0.05, 0) is 31.3 Å². The average Bonchev–Trinajstić information content (AvgIpc) is 2.50. The van der Waals surface area contributed by atoms with Crippen LogP contribution in [0.2, 0.25) is 0 Å². The quantitative estimate of drug-likeness (QED) is 0.560. The smallest absolute Gasteiger partial charge is 0.339 e. The van der Waals surface area contributed by atoms with Gasteiger partial charge in [0, 0.05) is 6.42 Å². The molecule has 0 aliphatic rings. The third-order valence-electron chi connectivity index (χ3n) is 2.37. The lowest BCUT2D eigenvalue weighted by Gasteiger charge is -2.06. The van der Waals surface area contributed by atoms with Gasteiger partial charge in [0.15, 0.2) is 0 Å². The average molecular weight is 284 g/mol. The molecule has 0 saturated carbocycles. The first-order valence-electron chi connectivity index (χ1n) is 7.91. The van der Waals surface area contributed by atoms with E-state index in [1.165, 1.54) is 0 Å². The third kappa shape index (κ3) is 5.09. The highest BCUT2D eigenvalue weighted by atomic mass is 16.5. The van der Waals surface area contributed by atoms with Gasteiger partial charge in [0.05, 0.1) is 23.2 Å². The van der Waals surface area contributed by atoms with Crippen LogP contribution in [0.4, 0.5) is 0 Å². The number of carbonyl (C=O) groups excluding carboxylic acids is 1. The van der Waals surface area contributed by atoms with Crippen LogP contribution >= 0.6 is 0 Å². The summed E-state index contributed by atoms with van der Waals surface area (Å²) in [5, 5.41) is 17.6. The number of carboxylic acids is 2. The van der Waals surface area contributed by atoms with Crippen LogP contribution in [0.15, 0.2) is 24.2 Å². The number of esters is 1. The number of aliphatic carboxylic acids is 1. The molecule has 0 aromatic heterocycles. The molecule has 1 aromatic rings. The number of rotatable bonds is 8. The first kappa shape index (κ1) is 10.4. The van der Waals surface area contributed by atoms with E-state index in [0.717, 1.165) is 0 Å². The van der Waals surface area contributed by atoms with Crippen molar-refractivity contribution >= 4 is 17.9 Å². The van der Waals surface area contributed by atoms with Crippen molar-refractivity contribution in [2.24, 2.45) is 0 Å². The van der Waals surface area contributed by atoms with E-state index in [1.807, 2.05) is 0 Å². The Bertz CT molecular complexity index is 674. The molecule has 0 atom stereocenters. The van der Waals surface area contributed by atoms with Crippen LogP contribution < -0.4 is 0 Å². The molecular weight excluding hydrogens is 264 g/mol. The fourth-order valence-corrected chi connectivity index (χ4v) is 1.42. The fraction of sp³-hybridized carbons (Fsp3) is 0.357. The van der Waals surface area contributed by atoms with Gasteiger partial charge in [0.2, 0.25) is 0 Å². The second-order valence-electron chi connectivity index (χ2n) is 3.90. The van der Waals surface area contributed by atoms with Crippen LogP contribution in [0.25, 0.3) is 0 Å². The van der Waals surface area contributed by atoms with E-state index in [1.54, 1.807) is 0 Å². The predicted octanol–water partition coefficient (Wildman–Crippen LogP) is 2.19. The summed E-state index contributed by atoms with van der Waals surface area (Å²) in [4.78, 5) is 33.6. The predicted molar refractivity (Wildman–Crippen MR) is 69.8 cm³/mol. The van der Waals surface area contributed by atoms with Gasteiger partial charge in [-0.25, -0.2) is 9.59 Å². The largest absolute Gasteiger partial charge is 0.481 e. The van der Waals surface area contributed by atoms with E-state index in [4.69, 9.17) is 20.4 Å². The number of aromatic carboxylic acids is 1. The van der Waals surface area contributed by atoms with E-state index in [-0.39, 0.29) is 13.0 Å². The first-order chi connectivity index (χ1) is 11.2. The van der Waals surface area contributed by atoms with E-state index >= 15 is 0 Å². The zero-order valence-corrected chi connectivity index (χ0v) is 10.6. The molecule has 0 bridgehead atoms. The Hall–Kier alpha value is -2.37. The minimum absolute atomic E-state index is 0.0106. The Morgan fingerprint density at radius 2 is 1.70 bits per heavy atom. The summed E-state index contributed by atoms with van der Waals surface area (Å²) in [6, 6.07) is -3.07. The number of hydrogen-bond acceptors (Lipinski definition) is 4. The highest BCUT2D eigenvalue weighted by Crippen LogP contribution is 2.11. The van der Waals surface area contributed by atoms with Crippen LogP contribution in [-0.2, 0) is 9.53 Å². The number of carboxylic acid groups (broad SMARTS) is 2. The van der Waals surface area contributed by atoms with Crippen LogP contribution in [-0.4, -0.2) is 34.7 Å². The summed E-state index contributed by atoms with van der Waals surface area (Å²) in [6.07, 6.45) is 1.23. The van der Waals surface area contributed by atoms with Crippen molar-refractivity contribution < 1.29 is 34.8 Å². The highest BCUT2D eigenvalue weighted by Gasteiger charge is 2.16. The molecule has 0 spiro atoms. The number of carbonyl (C=O) groups is 3. The Kier molecular flexibility index (Phi) is 4.13. The van der Waals surface area contributed by atoms with Crippen LogP contribution in [0, 0.1) is 0 Å². The molecule has 20 heavy (non-hydrogen) atoms. The molecule has 0 aliphatic carbocycles. The molecule has 0 heterocycles. The maximum Gasteiger partial charge on any atom is 0.339 e. The van der Waals surface area contributed by atoms with Crippen molar-refractivity contribution in [1.29, 1.82) is 0 Å². The van der Waals surface area contributed by atoms with Gasteiger partial charge in [-0.2, -0.15) is 0 Å². The van der Waals surface area contributed by atoms with Gasteiger partial charge in [0.25, 0.3) is 0 Å². The van der Waals surface area contributed by atoms with Crippen molar-refractivity contribution in [2.75, 3.05) is 6.61 Å². The molecule has 0 aliphatic heterocycles. The molecule has 0 radical (unpaired) electrons. The second kappa shape index (κ2) is 7.93. The van der Waals surface area contributed by atoms with E-state index in [0.29, 0.717) is 19.3 Å². The van der Waals surface area contributed by atoms with Crippen molar-refractivity contribution in [2.45, 2.75) is 25.7 Å². The lowest BCUT2D eigenvalue weighted by atomic mass is 10.1. The minimum atomic E-state index is -1.66. The summed E-state index contributed by atoms with van der Waals surface area (Å²) >= 11 is 0. The fourth-order valence-electron chi connectivity index (χ4n) is 1.42. The maximum absolute atomic E-state index is 12.0. The SMILES string of the molecule is [2H]c1c([2H])c([2H])c(C(=O)OCCCCCC(=O)O)c(C(=O)O)c1[2H]. The van der Waals surface area contributed by atoms with Crippen molar-refractivity contribution in [3.8, 4) is 0 Å². The Morgan fingerprint density at radius 1 is 1.05 bits per heavy atom. The molecule has 1 aromatic carbocycles. The van der Waals surface area contributed by atoms with Crippen molar-refractivity contribution in [1.82, 2.24) is 0 Å². The van der Waals surface area contributed by atoms with Gasteiger partial charge in [-0.1, -0.05) is 12.1 Å². The Balaban J connectivity index is 2.87. The lowest BCUT2D eigenvalue weighted by molar-refractivity contribution is -0.137. The topological polar surface area (TPSA) is 101 Å². The molecule has 0 unspecified atom stereocenters. The molecule has 6 nitrogen and oxygen atoms in total. The van der Waals surface area contributed by atoms with Crippen LogP contribution in [0.5, 0.6) is 0 Å². The molecule has 0 saturated heterocycles. The molecule has 2 N–H and O–H groups in total. The monoisotopic (exact) mass is 284 g/mol. The molecule has 1 rings (SSSR count). The lowest BCUT2D eigenvalue weighted by Crippen LogP contribution is -2.12. The zero-order valence-electron chi connectivity index (χ0n) is 14.6. The molecule has 108 valence electrons. The molecular formula is C14H16O6. The maximum atomic E-state index is 12.0. The first-order valence-corrected chi connectivity index (χ1v) is 5.91. The highest BCUT2D eigenvalue weighted by molar-refractivity contribution is 6.02. The molecule has 0 amide bonds. The van der Waals surface area contributed by atoms with E-state index in [9.17, 15) is 14.4 Å². The summed E-state index contributed by atoms with van der Waals surface area (Å²) in [6.45, 7) is -0.111.